The lowest BCUT2D eigenvalue weighted by molar-refractivity contribution is -0.291. The van der Waals surface area contributed by atoms with E-state index in [9.17, 15) is 22.0 Å². The molecule has 2 N–H and O–H groups in total. The van der Waals surface area contributed by atoms with E-state index in [1.807, 2.05) is 0 Å². The van der Waals surface area contributed by atoms with E-state index in [1.165, 1.54) is 6.07 Å². The maximum atomic E-state index is 13.2. The number of nitrogens with two attached hydrogens (primary N) is 1. The van der Waals surface area contributed by atoms with Crippen molar-refractivity contribution in [1.82, 2.24) is 0 Å². The maximum absolute atomic E-state index is 13.2. The van der Waals surface area contributed by atoms with Gasteiger partial charge in [-0.1, -0.05) is 15.9 Å². The summed E-state index contributed by atoms with van der Waals surface area (Å²) < 4.78 is 73.1. The highest BCUT2D eigenvalue weighted by Gasteiger charge is 2.62. The molecule has 0 bridgehead atoms. The minimum atomic E-state index is -5.73. The van der Waals surface area contributed by atoms with Gasteiger partial charge in [0.25, 0.3) is 0 Å². The standard InChI is InChI=1S/C10H7BrF5NO2/c11-5-2-7-6(18-3-19-7)1-4(5)8(17)9(12,13)10(14,15)16/h1-2,8H,3,17H2/t8-/m0/s1. The molecule has 106 valence electrons. The Kier molecular flexibility index (Phi) is 3.38. The monoisotopic (exact) mass is 347 g/mol. The second kappa shape index (κ2) is 4.48. The highest BCUT2D eigenvalue weighted by Crippen LogP contribution is 2.47. The lowest BCUT2D eigenvalue weighted by Gasteiger charge is -2.26. The van der Waals surface area contributed by atoms with Crippen LogP contribution in [-0.4, -0.2) is 18.9 Å². The average Bonchev–Trinajstić information content (AvgIpc) is 2.72. The van der Waals surface area contributed by atoms with Crippen LogP contribution in [0.3, 0.4) is 0 Å². The Bertz CT molecular complexity index is 505. The average molecular weight is 348 g/mol. The van der Waals surface area contributed by atoms with Gasteiger partial charge in [0.1, 0.15) is 6.04 Å². The lowest BCUT2D eigenvalue weighted by Crippen LogP contribution is -2.46. The van der Waals surface area contributed by atoms with Gasteiger partial charge in [-0.05, 0) is 17.7 Å². The predicted octanol–water partition coefficient (Wildman–Crippen LogP) is 3.38. The molecule has 1 heterocycles. The third kappa shape index (κ3) is 2.36. The molecule has 1 atom stereocenters. The number of halogens is 6. The summed E-state index contributed by atoms with van der Waals surface area (Å²) in [5, 5.41) is 0. The molecular weight excluding hydrogens is 341 g/mol. The number of ether oxygens (including phenoxy) is 2. The SMILES string of the molecule is N[C@@H](c1cc2c(cc1Br)OCO2)C(F)(F)C(F)(F)F. The Balaban J connectivity index is 2.42. The Hall–Kier alpha value is -1.09. The molecule has 1 aromatic rings. The van der Waals surface area contributed by atoms with Crippen LogP contribution < -0.4 is 15.2 Å². The molecule has 3 nitrogen and oxygen atoms in total. The molecule has 0 aliphatic carbocycles. The van der Waals surface area contributed by atoms with Gasteiger partial charge in [-0.2, -0.15) is 22.0 Å². The first kappa shape index (κ1) is 14.3. The summed E-state index contributed by atoms with van der Waals surface area (Å²) in [6.07, 6.45) is -5.73. The first-order chi connectivity index (χ1) is 8.64. The molecule has 2 rings (SSSR count). The van der Waals surface area contributed by atoms with Gasteiger partial charge in [0.05, 0.1) is 0 Å². The highest BCUT2D eigenvalue weighted by molar-refractivity contribution is 9.10. The van der Waals surface area contributed by atoms with Crippen LogP contribution in [0, 0.1) is 0 Å². The molecular formula is C10H7BrF5NO2. The van der Waals surface area contributed by atoms with Gasteiger partial charge >= 0.3 is 12.1 Å². The predicted molar refractivity (Wildman–Crippen MR) is 58.2 cm³/mol. The molecule has 1 aromatic carbocycles. The van der Waals surface area contributed by atoms with Crippen molar-refractivity contribution in [3.63, 3.8) is 0 Å². The van der Waals surface area contributed by atoms with Crippen molar-refractivity contribution in [2.75, 3.05) is 6.79 Å². The van der Waals surface area contributed by atoms with E-state index in [-0.39, 0.29) is 22.8 Å². The second-order valence-corrected chi connectivity index (χ2v) is 4.68. The van der Waals surface area contributed by atoms with Gasteiger partial charge in [0.15, 0.2) is 11.5 Å². The smallest absolute Gasteiger partial charge is 0.454 e. The van der Waals surface area contributed by atoms with E-state index in [2.05, 4.69) is 15.9 Å². The molecule has 0 saturated carbocycles. The minimum absolute atomic E-state index is 0.00632. The Morgan fingerprint density at radius 1 is 1.11 bits per heavy atom. The van der Waals surface area contributed by atoms with Crippen molar-refractivity contribution in [1.29, 1.82) is 0 Å². The van der Waals surface area contributed by atoms with Crippen molar-refractivity contribution in [3.8, 4) is 11.5 Å². The van der Waals surface area contributed by atoms with Crippen molar-refractivity contribution in [2.24, 2.45) is 5.73 Å². The molecule has 0 fully saturated rings. The van der Waals surface area contributed by atoms with Crippen LogP contribution >= 0.6 is 15.9 Å². The Morgan fingerprint density at radius 3 is 2.16 bits per heavy atom. The first-order valence-corrected chi connectivity index (χ1v) is 5.73. The van der Waals surface area contributed by atoms with Gasteiger partial charge < -0.3 is 15.2 Å². The molecule has 1 aliphatic rings. The number of rotatable bonds is 2. The molecule has 0 radical (unpaired) electrons. The van der Waals surface area contributed by atoms with Crippen molar-refractivity contribution in [2.45, 2.75) is 18.1 Å². The zero-order valence-corrected chi connectivity index (χ0v) is 10.7. The van der Waals surface area contributed by atoms with Crippen molar-refractivity contribution in [3.05, 3.63) is 22.2 Å². The van der Waals surface area contributed by atoms with Crippen LogP contribution in [0.4, 0.5) is 22.0 Å². The van der Waals surface area contributed by atoms with Crippen LogP contribution in [0.1, 0.15) is 11.6 Å². The van der Waals surface area contributed by atoms with Crippen molar-refractivity contribution >= 4 is 15.9 Å². The third-order valence-corrected chi connectivity index (χ3v) is 3.28. The fourth-order valence-electron chi connectivity index (χ4n) is 1.54. The zero-order chi connectivity index (χ0) is 14.4. The summed E-state index contributed by atoms with van der Waals surface area (Å²) in [4.78, 5) is 0. The molecule has 1 aliphatic heterocycles. The molecule has 19 heavy (non-hydrogen) atoms. The largest absolute Gasteiger partial charge is 0.455 e. The van der Waals surface area contributed by atoms with Gasteiger partial charge in [-0.3, -0.25) is 0 Å². The van der Waals surface area contributed by atoms with E-state index in [1.54, 1.807) is 0 Å². The fraction of sp³-hybridized carbons (Fsp3) is 0.400. The Labute approximate surface area is 112 Å². The van der Waals surface area contributed by atoms with E-state index < -0.39 is 23.7 Å². The molecule has 9 heteroatoms. The summed E-state index contributed by atoms with van der Waals surface area (Å²) in [5.74, 6) is -4.73. The minimum Gasteiger partial charge on any atom is -0.454 e. The molecule has 0 saturated heterocycles. The van der Waals surface area contributed by atoms with E-state index >= 15 is 0 Å². The second-order valence-electron chi connectivity index (χ2n) is 3.83. The fourth-order valence-corrected chi connectivity index (χ4v) is 2.11. The van der Waals surface area contributed by atoms with E-state index in [4.69, 9.17) is 15.2 Å². The number of fused-ring (bicyclic) bond motifs is 1. The summed E-state index contributed by atoms with van der Waals surface area (Å²) >= 11 is 2.89. The van der Waals surface area contributed by atoms with Gasteiger partial charge in [-0.15, -0.1) is 0 Å². The molecule has 0 aromatic heterocycles. The summed E-state index contributed by atoms with van der Waals surface area (Å²) in [7, 11) is 0. The first-order valence-electron chi connectivity index (χ1n) is 4.93. The van der Waals surface area contributed by atoms with Crippen LogP contribution in [0.5, 0.6) is 11.5 Å². The lowest BCUT2D eigenvalue weighted by atomic mass is 10.0. The van der Waals surface area contributed by atoms with Gasteiger partial charge in [0, 0.05) is 4.47 Å². The number of alkyl halides is 5. The van der Waals surface area contributed by atoms with Gasteiger partial charge in [0.2, 0.25) is 6.79 Å². The number of benzene rings is 1. The van der Waals surface area contributed by atoms with Crippen LogP contribution in [-0.2, 0) is 0 Å². The zero-order valence-electron chi connectivity index (χ0n) is 9.10. The molecule has 0 amide bonds. The highest BCUT2D eigenvalue weighted by atomic mass is 79.9. The summed E-state index contributed by atoms with van der Waals surface area (Å²) in [5.41, 5.74) is 4.65. The number of hydrogen-bond donors (Lipinski definition) is 1. The van der Waals surface area contributed by atoms with Crippen LogP contribution in [0.15, 0.2) is 16.6 Å². The van der Waals surface area contributed by atoms with Crippen LogP contribution in [0.2, 0.25) is 0 Å². The quantitative estimate of drug-likeness (QED) is 0.834. The third-order valence-electron chi connectivity index (χ3n) is 2.60. The van der Waals surface area contributed by atoms with E-state index in [0.29, 0.717) is 0 Å². The summed E-state index contributed by atoms with van der Waals surface area (Å²) in [6, 6.07) is -0.294. The van der Waals surface area contributed by atoms with Crippen molar-refractivity contribution < 1.29 is 31.4 Å². The maximum Gasteiger partial charge on any atom is 0.455 e. The van der Waals surface area contributed by atoms with Gasteiger partial charge in [-0.25, -0.2) is 0 Å². The molecule has 0 spiro atoms. The number of hydrogen-bond acceptors (Lipinski definition) is 3. The Morgan fingerprint density at radius 2 is 1.63 bits per heavy atom. The topological polar surface area (TPSA) is 44.5 Å². The molecule has 0 unspecified atom stereocenters. The normalized spacial score (nSPS) is 16.6. The summed E-state index contributed by atoms with van der Waals surface area (Å²) in [6.45, 7) is -0.129. The van der Waals surface area contributed by atoms with Crippen LogP contribution in [0.25, 0.3) is 0 Å². The van der Waals surface area contributed by atoms with E-state index in [0.717, 1.165) is 6.07 Å².